The molecule has 0 saturated heterocycles. The Balaban J connectivity index is 2.49. The van der Waals surface area contributed by atoms with Crippen molar-refractivity contribution in [2.24, 2.45) is 0 Å². The van der Waals surface area contributed by atoms with Crippen molar-refractivity contribution in [3.63, 3.8) is 0 Å². The highest BCUT2D eigenvalue weighted by Gasteiger charge is 2.18. The number of aryl methyl sites for hydroxylation is 1. The fraction of sp³-hybridized carbons (Fsp3) is 0.0909. The van der Waals surface area contributed by atoms with E-state index < -0.39 is 14.9 Å². The van der Waals surface area contributed by atoms with Crippen LogP contribution in [0.4, 0.5) is 5.69 Å². The second-order valence-electron chi connectivity index (χ2n) is 3.70. The average molecular weight is 266 g/mol. The van der Waals surface area contributed by atoms with Gasteiger partial charge in [-0.2, -0.15) is 0 Å². The molecular formula is C11H10N2O4S. The van der Waals surface area contributed by atoms with Gasteiger partial charge in [0.1, 0.15) is 0 Å². The molecule has 0 spiro atoms. The van der Waals surface area contributed by atoms with Gasteiger partial charge in [-0.05, 0) is 31.2 Å². The van der Waals surface area contributed by atoms with E-state index in [1.54, 1.807) is 19.1 Å². The van der Waals surface area contributed by atoms with Crippen LogP contribution in [0.25, 0.3) is 0 Å². The van der Waals surface area contributed by atoms with E-state index in [9.17, 15) is 18.5 Å². The lowest BCUT2D eigenvalue weighted by molar-refractivity contribution is -0.384. The Morgan fingerprint density at radius 1 is 1.17 bits per heavy atom. The SMILES string of the molecule is Cc1cccn1S(=O)(=O)c1ccc([N+](=O)[O-])cc1. The molecule has 0 aliphatic rings. The molecule has 2 aromatic rings. The number of hydrogen-bond acceptors (Lipinski definition) is 4. The van der Waals surface area contributed by atoms with E-state index in [1.807, 2.05) is 0 Å². The third kappa shape index (κ3) is 2.00. The third-order valence-corrected chi connectivity index (χ3v) is 4.31. The number of rotatable bonds is 3. The first kappa shape index (κ1) is 12.3. The first-order chi connectivity index (χ1) is 8.43. The van der Waals surface area contributed by atoms with E-state index in [2.05, 4.69) is 0 Å². The van der Waals surface area contributed by atoms with Crippen molar-refractivity contribution in [2.45, 2.75) is 11.8 Å². The lowest BCUT2D eigenvalue weighted by atomic mass is 10.3. The molecule has 0 aliphatic heterocycles. The Bertz CT molecular complexity index is 686. The van der Waals surface area contributed by atoms with Crippen LogP contribution >= 0.6 is 0 Å². The van der Waals surface area contributed by atoms with E-state index in [-0.39, 0.29) is 10.6 Å². The van der Waals surface area contributed by atoms with Gasteiger partial charge in [0, 0.05) is 24.0 Å². The summed E-state index contributed by atoms with van der Waals surface area (Å²) in [6.45, 7) is 1.67. The molecule has 1 aromatic carbocycles. The molecule has 2 rings (SSSR count). The third-order valence-electron chi connectivity index (χ3n) is 2.51. The molecular weight excluding hydrogens is 256 g/mol. The first-order valence-corrected chi connectivity index (χ1v) is 6.51. The Morgan fingerprint density at radius 3 is 2.22 bits per heavy atom. The zero-order valence-corrected chi connectivity index (χ0v) is 10.3. The summed E-state index contributed by atoms with van der Waals surface area (Å²) in [4.78, 5) is 9.94. The first-order valence-electron chi connectivity index (χ1n) is 5.07. The van der Waals surface area contributed by atoms with Crippen LogP contribution in [0.3, 0.4) is 0 Å². The van der Waals surface area contributed by atoms with E-state index >= 15 is 0 Å². The van der Waals surface area contributed by atoms with Gasteiger partial charge in [-0.15, -0.1) is 0 Å². The van der Waals surface area contributed by atoms with Gasteiger partial charge in [-0.3, -0.25) is 10.1 Å². The Hall–Kier alpha value is -2.15. The molecule has 0 fully saturated rings. The van der Waals surface area contributed by atoms with Gasteiger partial charge in [-0.1, -0.05) is 0 Å². The standard InChI is InChI=1S/C11H10N2O4S/c1-9-3-2-8-12(9)18(16,17)11-6-4-10(5-7-11)13(14)15/h2-8H,1H3. The van der Waals surface area contributed by atoms with Crippen LogP contribution in [0.5, 0.6) is 0 Å². The highest BCUT2D eigenvalue weighted by molar-refractivity contribution is 7.90. The molecule has 7 heteroatoms. The molecule has 0 atom stereocenters. The minimum atomic E-state index is -3.67. The van der Waals surface area contributed by atoms with Crippen molar-refractivity contribution in [1.29, 1.82) is 0 Å². The second-order valence-corrected chi connectivity index (χ2v) is 5.52. The number of benzene rings is 1. The molecule has 0 radical (unpaired) electrons. The summed E-state index contributed by atoms with van der Waals surface area (Å²) in [5.41, 5.74) is 0.437. The van der Waals surface area contributed by atoms with Crippen LogP contribution in [0.15, 0.2) is 47.5 Å². The summed E-state index contributed by atoms with van der Waals surface area (Å²) in [6.07, 6.45) is 1.44. The summed E-state index contributed by atoms with van der Waals surface area (Å²) in [5.74, 6) is 0. The van der Waals surface area contributed by atoms with Crippen LogP contribution in [-0.2, 0) is 10.0 Å². The molecule has 94 valence electrons. The van der Waals surface area contributed by atoms with Crippen molar-refractivity contribution in [3.8, 4) is 0 Å². The highest BCUT2D eigenvalue weighted by atomic mass is 32.2. The predicted molar refractivity (Wildman–Crippen MR) is 64.8 cm³/mol. The van der Waals surface area contributed by atoms with Crippen LogP contribution in [0, 0.1) is 17.0 Å². The van der Waals surface area contributed by atoms with Gasteiger partial charge in [0.25, 0.3) is 15.7 Å². The van der Waals surface area contributed by atoms with Crippen LogP contribution < -0.4 is 0 Å². The van der Waals surface area contributed by atoms with Crippen molar-refractivity contribution < 1.29 is 13.3 Å². The quantitative estimate of drug-likeness (QED) is 0.628. The minimum absolute atomic E-state index is 0.0207. The number of nitrogens with zero attached hydrogens (tertiary/aromatic N) is 2. The van der Waals surface area contributed by atoms with Crippen molar-refractivity contribution in [3.05, 3.63) is 58.4 Å². The Kier molecular flexibility index (Phi) is 2.92. The highest BCUT2D eigenvalue weighted by Crippen LogP contribution is 2.19. The van der Waals surface area contributed by atoms with E-state index in [4.69, 9.17) is 0 Å². The number of aromatic nitrogens is 1. The fourth-order valence-corrected chi connectivity index (χ4v) is 2.95. The zero-order valence-electron chi connectivity index (χ0n) is 9.48. The van der Waals surface area contributed by atoms with E-state index in [0.717, 1.165) is 3.97 Å². The van der Waals surface area contributed by atoms with E-state index in [0.29, 0.717) is 5.69 Å². The summed E-state index contributed by atoms with van der Waals surface area (Å²) >= 11 is 0. The lowest BCUT2D eigenvalue weighted by Gasteiger charge is -2.07. The van der Waals surface area contributed by atoms with Crippen LogP contribution in [0.1, 0.15) is 5.69 Å². The molecule has 0 unspecified atom stereocenters. The van der Waals surface area contributed by atoms with Gasteiger partial charge in [0.05, 0.1) is 9.82 Å². The maximum atomic E-state index is 12.2. The normalized spacial score (nSPS) is 11.4. The number of non-ortho nitro benzene ring substituents is 1. The fourth-order valence-electron chi connectivity index (χ4n) is 1.57. The molecule has 6 nitrogen and oxygen atoms in total. The van der Waals surface area contributed by atoms with Gasteiger partial charge in [0.15, 0.2) is 0 Å². The van der Waals surface area contributed by atoms with Gasteiger partial charge in [0.2, 0.25) is 0 Å². The maximum Gasteiger partial charge on any atom is 0.269 e. The summed E-state index contributed by atoms with van der Waals surface area (Å²) in [5, 5.41) is 10.5. The van der Waals surface area contributed by atoms with Crippen LogP contribution in [-0.4, -0.2) is 17.3 Å². The average Bonchev–Trinajstić information content (AvgIpc) is 2.76. The largest absolute Gasteiger partial charge is 0.269 e. The van der Waals surface area contributed by atoms with Crippen molar-refractivity contribution >= 4 is 15.7 Å². The molecule has 0 N–H and O–H groups in total. The maximum absolute atomic E-state index is 12.2. The smallest absolute Gasteiger partial charge is 0.258 e. The number of nitro benzene ring substituents is 1. The Morgan fingerprint density at radius 2 is 1.78 bits per heavy atom. The van der Waals surface area contributed by atoms with Crippen LogP contribution in [0.2, 0.25) is 0 Å². The molecule has 1 heterocycles. The summed E-state index contributed by atoms with van der Waals surface area (Å²) in [6, 6.07) is 8.10. The topological polar surface area (TPSA) is 82.2 Å². The predicted octanol–water partition coefficient (Wildman–Crippen LogP) is 1.94. The summed E-state index contributed by atoms with van der Waals surface area (Å²) < 4.78 is 25.5. The van der Waals surface area contributed by atoms with Crippen molar-refractivity contribution in [2.75, 3.05) is 0 Å². The zero-order chi connectivity index (χ0) is 13.3. The molecule has 18 heavy (non-hydrogen) atoms. The van der Waals surface area contributed by atoms with E-state index in [1.165, 1.54) is 30.5 Å². The van der Waals surface area contributed by atoms with Gasteiger partial charge >= 0.3 is 0 Å². The molecule has 0 saturated carbocycles. The van der Waals surface area contributed by atoms with Crippen molar-refractivity contribution in [1.82, 2.24) is 3.97 Å². The van der Waals surface area contributed by atoms with Gasteiger partial charge in [-0.25, -0.2) is 12.4 Å². The molecule has 0 aliphatic carbocycles. The lowest BCUT2D eigenvalue weighted by Crippen LogP contribution is -2.13. The number of nitro groups is 1. The minimum Gasteiger partial charge on any atom is -0.258 e. The molecule has 1 aromatic heterocycles. The van der Waals surface area contributed by atoms with Gasteiger partial charge < -0.3 is 0 Å². The second kappa shape index (κ2) is 4.26. The molecule has 0 amide bonds. The Labute approximate surface area is 104 Å². The monoisotopic (exact) mass is 266 g/mol. The molecule has 0 bridgehead atoms. The number of hydrogen-bond donors (Lipinski definition) is 0. The summed E-state index contributed by atoms with van der Waals surface area (Å²) in [7, 11) is -3.67.